The zero-order chi connectivity index (χ0) is 16.3. The third kappa shape index (κ3) is 3.38. The number of ether oxygens (including phenoxy) is 1. The van der Waals surface area contributed by atoms with Crippen LogP contribution in [-0.2, 0) is 16.3 Å². The maximum Gasteiger partial charge on any atom is 0.310 e. The molecule has 1 atom stereocenters. The number of carbonyl (C=O) groups is 1. The van der Waals surface area contributed by atoms with E-state index < -0.39 is 0 Å². The van der Waals surface area contributed by atoms with Gasteiger partial charge in [-0.2, -0.15) is 0 Å². The molecular formula is C18H24N2O2. The summed E-state index contributed by atoms with van der Waals surface area (Å²) < 4.78 is 7.21. The second-order valence-electron chi connectivity index (χ2n) is 6.01. The molecule has 4 nitrogen and oxygen atoms in total. The van der Waals surface area contributed by atoms with Crippen LogP contribution in [0.15, 0.2) is 30.6 Å². The van der Waals surface area contributed by atoms with Crippen molar-refractivity contribution in [1.82, 2.24) is 9.55 Å². The maximum absolute atomic E-state index is 11.6. The molecule has 0 radical (unpaired) electrons. The molecule has 22 heavy (non-hydrogen) atoms. The van der Waals surface area contributed by atoms with Crippen LogP contribution in [0.5, 0.6) is 0 Å². The van der Waals surface area contributed by atoms with E-state index in [-0.39, 0.29) is 24.5 Å². The number of hydrogen-bond acceptors (Lipinski definition) is 3. The molecule has 0 aliphatic heterocycles. The highest BCUT2D eigenvalue weighted by molar-refractivity contribution is 5.71. The van der Waals surface area contributed by atoms with E-state index in [2.05, 4.69) is 44.0 Å². The van der Waals surface area contributed by atoms with Crippen LogP contribution in [0.3, 0.4) is 0 Å². The van der Waals surface area contributed by atoms with Crippen LogP contribution in [0.4, 0.5) is 0 Å². The molecule has 0 bridgehead atoms. The van der Waals surface area contributed by atoms with Crippen molar-refractivity contribution in [2.24, 2.45) is 5.92 Å². The lowest BCUT2D eigenvalue weighted by molar-refractivity contribution is -0.151. The Morgan fingerprint density at radius 3 is 2.68 bits per heavy atom. The number of aromatic nitrogens is 2. The molecule has 0 aliphatic rings. The van der Waals surface area contributed by atoms with E-state index in [9.17, 15) is 4.79 Å². The van der Waals surface area contributed by atoms with E-state index >= 15 is 0 Å². The molecule has 2 aromatic rings. The summed E-state index contributed by atoms with van der Waals surface area (Å²) in [6, 6.07) is 6.31. The number of nitrogens with zero attached hydrogens (tertiary/aromatic N) is 2. The normalized spacial score (nSPS) is 12.5. The second-order valence-corrected chi connectivity index (χ2v) is 6.01. The van der Waals surface area contributed by atoms with E-state index in [1.54, 1.807) is 6.20 Å². The number of carbonyl (C=O) groups excluding carboxylic acids is 1. The summed E-state index contributed by atoms with van der Waals surface area (Å²) in [5.74, 6) is 0.736. The maximum atomic E-state index is 11.6. The molecule has 0 saturated heterocycles. The first-order chi connectivity index (χ1) is 10.4. The molecule has 0 N–H and O–H groups in total. The van der Waals surface area contributed by atoms with E-state index in [1.807, 2.05) is 24.6 Å². The average molecular weight is 300 g/mol. The summed E-state index contributed by atoms with van der Waals surface area (Å²) in [4.78, 5) is 16.1. The summed E-state index contributed by atoms with van der Waals surface area (Å²) in [5, 5.41) is 0. The lowest BCUT2D eigenvalue weighted by Gasteiger charge is -2.18. The highest BCUT2D eigenvalue weighted by Gasteiger charge is 2.18. The van der Waals surface area contributed by atoms with Crippen molar-refractivity contribution in [1.29, 1.82) is 0 Å². The van der Waals surface area contributed by atoms with Crippen molar-refractivity contribution in [3.8, 4) is 0 Å². The van der Waals surface area contributed by atoms with Crippen LogP contribution in [0, 0.1) is 19.8 Å². The van der Waals surface area contributed by atoms with E-state index in [0.717, 1.165) is 5.82 Å². The first kappa shape index (κ1) is 16.3. The van der Waals surface area contributed by atoms with Crippen LogP contribution >= 0.6 is 0 Å². The Bertz CT molecular complexity index is 659. The minimum atomic E-state index is -0.195. The average Bonchev–Trinajstić information content (AvgIpc) is 2.95. The molecule has 1 heterocycles. The quantitative estimate of drug-likeness (QED) is 0.789. The predicted octanol–water partition coefficient (Wildman–Crippen LogP) is 3.81. The van der Waals surface area contributed by atoms with Gasteiger partial charge in [-0.15, -0.1) is 0 Å². The minimum absolute atomic E-state index is 0.122. The van der Waals surface area contributed by atoms with Gasteiger partial charge in [0.15, 0.2) is 6.73 Å². The van der Waals surface area contributed by atoms with Crippen LogP contribution in [0.1, 0.15) is 49.2 Å². The number of hydrogen-bond donors (Lipinski definition) is 0. The van der Waals surface area contributed by atoms with Crippen LogP contribution in [-0.4, -0.2) is 15.5 Å². The van der Waals surface area contributed by atoms with Gasteiger partial charge in [0.2, 0.25) is 0 Å². The van der Waals surface area contributed by atoms with Gasteiger partial charge in [0.1, 0.15) is 5.82 Å². The topological polar surface area (TPSA) is 44.1 Å². The lowest BCUT2D eigenvalue weighted by atomic mass is 9.93. The lowest BCUT2D eigenvalue weighted by Crippen LogP contribution is -2.17. The van der Waals surface area contributed by atoms with E-state index in [0.29, 0.717) is 0 Å². The van der Waals surface area contributed by atoms with Gasteiger partial charge in [0.05, 0.1) is 5.92 Å². The molecule has 0 amide bonds. The summed E-state index contributed by atoms with van der Waals surface area (Å²) in [6.45, 7) is 10.2. The number of imidazole rings is 1. The minimum Gasteiger partial charge on any atom is -0.444 e. The van der Waals surface area contributed by atoms with Gasteiger partial charge in [0, 0.05) is 18.3 Å². The Labute approximate surface area is 132 Å². The van der Waals surface area contributed by atoms with Crippen molar-refractivity contribution < 1.29 is 9.53 Å². The zero-order valence-corrected chi connectivity index (χ0v) is 14.0. The second kappa shape index (κ2) is 6.77. The van der Waals surface area contributed by atoms with Crippen LogP contribution in [0.2, 0.25) is 0 Å². The summed E-state index contributed by atoms with van der Waals surface area (Å²) in [6.07, 6.45) is 3.60. The predicted molar refractivity (Wildman–Crippen MR) is 86.6 cm³/mol. The van der Waals surface area contributed by atoms with Crippen molar-refractivity contribution in [3.63, 3.8) is 0 Å². The summed E-state index contributed by atoms with van der Waals surface area (Å²) in [5.41, 5.74) is 3.81. The number of esters is 1. The fourth-order valence-corrected chi connectivity index (χ4v) is 2.49. The Morgan fingerprint density at radius 1 is 1.27 bits per heavy atom. The SMILES string of the molecule is Cc1cccc(C(C)c2nccn2COC(=O)C(C)C)c1C. The Morgan fingerprint density at radius 2 is 2.00 bits per heavy atom. The third-order valence-electron chi connectivity index (χ3n) is 4.07. The third-order valence-corrected chi connectivity index (χ3v) is 4.07. The standard InChI is InChI=1S/C18H24N2O2/c1-12(2)18(21)22-11-20-10-9-19-17(20)15(5)16-8-6-7-13(3)14(16)4/h6-10,12,15H,11H2,1-5H3. The molecule has 0 saturated carbocycles. The van der Waals surface area contributed by atoms with Crippen molar-refractivity contribution in [2.45, 2.75) is 47.3 Å². The Kier molecular flexibility index (Phi) is 5.01. The highest BCUT2D eigenvalue weighted by atomic mass is 16.5. The van der Waals surface area contributed by atoms with E-state index in [4.69, 9.17) is 4.74 Å². The molecule has 1 aromatic carbocycles. The fraction of sp³-hybridized carbons (Fsp3) is 0.444. The largest absolute Gasteiger partial charge is 0.444 e. The number of rotatable bonds is 5. The highest BCUT2D eigenvalue weighted by Crippen LogP contribution is 2.27. The molecular weight excluding hydrogens is 276 g/mol. The van der Waals surface area contributed by atoms with Gasteiger partial charge in [-0.3, -0.25) is 4.79 Å². The molecule has 1 aromatic heterocycles. The molecule has 4 heteroatoms. The molecule has 118 valence electrons. The van der Waals surface area contributed by atoms with Crippen LogP contribution < -0.4 is 0 Å². The van der Waals surface area contributed by atoms with Gasteiger partial charge in [0.25, 0.3) is 0 Å². The first-order valence-electron chi connectivity index (χ1n) is 7.65. The zero-order valence-electron chi connectivity index (χ0n) is 14.0. The monoisotopic (exact) mass is 300 g/mol. The van der Waals surface area contributed by atoms with Gasteiger partial charge in [-0.05, 0) is 30.5 Å². The smallest absolute Gasteiger partial charge is 0.310 e. The molecule has 2 rings (SSSR count). The van der Waals surface area contributed by atoms with Crippen molar-refractivity contribution >= 4 is 5.97 Å². The Hall–Kier alpha value is -2.10. The Balaban J connectivity index is 2.21. The summed E-state index contributed by atoms with van der Waals surface area (Å²) >= 11 is 0. The van der Waals surface area contributed by atoms with Crippen LogP contribution in [0.25, 0.3) is 0 Å². The molecule has 1 unspecified atom stereocenters. The molecule has 0 aliphatic carbocycles. The molecule has 0 fully saturated rings. The van der Waals surface area contributed by atoms with Crippen molar-refractivity contribution in [3.05, 3.63) is 53.1 Å². The summed E-state index contributed by atoms with van der Waals surface area (Å²) in [7, 11) is 0. The number of benzene rings is 1. The first-order valence-corrected chi connectivity index (χ1v) is 7.65. The van der Waals surface area contributed by atoms with E-state index in [1.165, 1.54) is 16.7 Å². The van der Waals surface area contributed by atoms with Gasteiger partial charge in [-0.1, -0.05) is 39.0 Å². The number of aryl methyl sites for hydroxylation is 1. The van der Waals surface area contributed by atoms with Gasteiger partial charge >= 0.3 is 5.97 Å². The van der Waals surface area contributed by atoms with Gasteiger partial charge < -0.3 is 9.30 Å². The van der Waals surface area contributed by atoms with Crippen molar-refractivity contribution in [2.75, 3.05) is 0 Å². The molecule has 0 spiro atoms. The fourth-order valence-electron chi connectivity index (χ4n) is 2.49. The van der Waals surface area contributed by atoms with Gasteiger partial charge in [-0.25, -0.2) is 4.98 Å².